The summed E-state index contributed by atoms with van der Waals surface area (Å²) in [6, 6.07) is 3.98. The van der Waals surface area contributed by atoms with E-state index in [1.165, 1.54) is 6.21 Å². The normalized spacial score (nSPS) is 11.5. The summed E-state index contributed by atoms with van der Waals surface area (Å²) in [6.45, 7) is 2.56. The van der Waals surface area contributed by atoms with Gasteiger partial charge in [0.2, 0.25) is 0 Å². The molecule has 25 heavy (non-hydrogen) atoms. The molecule has 3 rings (SSSR count). The van der Waals surface area contributed by atoms with Crippen molar-refractivity contribution in [2.24, 2.45) is 0 Å². The zero-order valence-electron chi connectivity index (χ0n) is 14.1. The maximum Gasteiger partial charge on any atom is 0.169 e. The van der Waals surface area contributed by atoms with Crippen molar-refractivity contribution in [1.82, 2.24) is 24.7 Å². The van der Waals surface area contributed by atoms with Crippen molar-refractivity contribution in [3.63, 3.8) is 0 Å². The maximum absolute atomic E-state index is 7.48. The molecule has 8 nitrogen and oxygen atoms in total. The van der Waals surface area contributed by atoms with Crippen LogP contribution >= 0.6 is 0 Å². The number of hydrogen-bond acceptors (Lipinski definition) is 7. The minimum atomic E-state index is 0.317. The van der Waals surface area contributed by atoms with Gasteiger partial charge in [-0.25, -0.2) is 15.0 Å². The number of aromatic nitrogens is 4. The van der Waals surface area contributed by atoms with Crippen molar-refractivity contribution in [2.45, 2.75) is 13.5 Å². The number of allylic oxidation sites excluding steroid dienone is 1. The predicted octanol–water partition coefficient (Wildman–Crippen LogP) is 1.84. The van der Waals surface area contributed by atoms with Crippen molar-refractivity contribution in [1.29, 1.82) is 5.41 Å². The van der Waals surface area contributed by atoms with E-state index in [1.807, 2.05) is 35.9 Å². The van der Waals surface area contributed by atoms with Crippen LogP contribution in [-0.2, 0) is 6.54 Å². The van der Waals surface area contributed by atoms with Crippen LogP contribution in [0.4, 0.5) is 11.6 Å². The van der Waals surface area contributed by atoms with Crippen LogP contribution in [0.25, 0.3) is 11.2 Å². The number of nitrogens with one attached hydrogen (secondary N) is 3. The molecule has 0 unspecified atom stereocenters. The average molecular weight is 336 g/mol. The number of hydrogen-bond donors (Lipinski definition) is 4. The molecule has 0 aliphatic rings. The van der Waals surface area contributed by atoms with Gasteiger partial charge in [0.05, 0.1) is 11.9 Å². The SMILES string of the molecule is CN/C=C(\C=N)c1cnc(N)c(NCc2ccc3ncc(C)n3c2)n1. The van der Waals surface area contributed by atoms with Gasteiger partial charge in [0, 0.05) is 49.7 Å². The lowest BCUT2D eigenvalue weighted by Gasteiger charge is -2.10. The minimum Gasteiger partial charge on any atom is -0.393 e. The number of rotatable bonds is 6. The number of pyridine rings is 1. The van der Waals surface area contributed by atoms with Crippen LogP contribution in [0.3, 0.4) is 0 Å². The van der Waals surface area contributed by atoms with Crippen molar-refractivity contribution < 1.29 is 0 Å². The van der Waals surface area contributed by atoms with E-state index in [1.54, 1.807) is 19.4 Å². The van der Waals surface area contributed by atoms with Crippen molar-refractivity contribution in [2.75, 3.05) is 18.1 Å². The summed E-state index contributed by atoms with van der Waals surface area (Å²) in [6.07, 6.45) is 8.33. The zero-order valence-corrected chi connectivity index (χ0v) is 14.1. The largest absolute Gasteiger partial charge is 0.393 e. The minimum absolute atomic E-state index is 0.317. The highest BCUT2D eigenvalue weighted by atomic mass is 15.1. The van der Waals surface area contributed by atoms with Crippen LogP contribution in [0, 0.1) is 12.3 Å². The lowest BCUT2D eigenvalue weighted by Crippen LogP contribution is -2.09. The number of anilines is 2. The molecule has 0 bridgehead atoms. The third kappa shape index (κ3) is 3.42. The Balaban J connectivity index is 1.83. The Bertz CT molecular complexity index is 941. The molecular weight excluding hydrogens is 316 g/mol. The number of aryl methyl sites for hydroxylation is 1. The molecule has 3 aromatic heterocycles. The van der Waals surface area contributed by atoms with Crippen molar-refractivity contribution >= 4 is 29.1 Å². The van der Waals surface area contributed by atoms with Crippen LogP contribution in [0.5, 0.6) is 0 Å². The van der Waals surface area contributed by atoms with E-state index >= 15 is 0 Å². The van der Waals surface area contributed by atoms with E-state index in [0.717, 1.165) is 16.9 Å². The van der Waals surface area contributed by atoms with Gasteiger partial charge in [-0.1, -0.05) is 6.07 Å². The number of nitrogens with zero attached hydrogens (tertiary/aromatic N) is 4. The second-order valence-electron chi connectivity index (χ2n) is 5.54. The Morgan fingerprint density at radius 3 is 2.92 bits per heavy atom. The molecule has 0 saturated heterocycles. The quantitative estimate of drug-likeness (QED) is 0.510. The Morgan fingerprint density at radius 2 is 2.16 bits per heavy atom. The third-order valence-corrected chi connectivity index (χ3v) is 3.76. The van der Waals surface area contributed by atoms with Gasteiger partial charge >= 0.3 is 0 Å². The molecule has 0 saturated carbocycles. The van der Waals surface area contributed by atoms with Gasteiger partial charge in [-0.2, -0.15) is 0 Å². The van der Waals surface area contributed by atoms with Gasteiger partial charge in [-0.3, -0.25) is 0 Å². The third-order valence-electron chi connectivity index (χ3n) is 3.76. The molecule has 8 heteroatoms. The molecule has 5 N–H and O–H groups in total. The van der Waals surface area contributed by atoms with E-state index in [-0.39, 0.29) is 0 Å². The van der Waals surface area contributed by atoms with Gasteiger partial charge < -0.3 is 26.2 Å². The topological polar surface area (TPSA) is 117 Å². The molecule has 3 heterocycles. The Morgan fingerprint density at radius 1 is 1.32 bits per heavy atom. The number of fused-ring (bicyclic) bond motifs is 1. The van der Waals surface area contributed by atoms with Gasteiger partial charge in [-0.05, 0) is 18.6 Å². The molecule has 0 aliphatic heterocycles. The number of nitrogens with two attached hydrogens (primary N) is 1. The van der Waals surface area contributed by atoms with E-state index in [9.17, 15) is 0 Å². The second kappa shape index (κ2) is 7.00. The van der Waals surface area contributed by atoms with Gasteiger partial charge in [0.1, 0.15) is 5.65 Å². The van der Waals surface area contributed by atoms with Gasteiger partial charge in [0.25, 0.3) is 0 Å². The smallest absolute Gasteiger partial charge is 0.169 e. The summed E-state index contributed by atoms with van der Waals surface area (Å²) < 4.78 is 2.03. The summed E-state index contributed by atoms with van der Waals surface area (Å²) in [5, 5.41) is 13.6. The van der Waals surface area contributed by atoms with Gasteiger partial charge in [0.15, 0.2) is 11.6 Å². The second-order valence-corrected chi connectivity index (χ2v) is 5.54. The van der Waals surface area contributed by atoms with Crippen molar-refractivity contribution in [3.8, 4) is 0 Å². The van der Waals surface area contributed by atoms with Crippen LogP contribution < -0.4 is 16.4 Å². The molecule has 0 aliphatic carbocycles. The average Bonchev–Trinajstić information content (AvgIpc) is 3.00. The highest BCUT2D eigenvalue weighted by Crippen LogP contribution is 2.18. The fourth-order valence-electron chi connectivity index (χ4n) is 2.45. The highest BCUT2D eigenvalue weighted by Gasteiger charge is 2.08. The monoisotopic (exact) mass is 336 g/mol. The first kappa shape index (κ1) is 16.4. The Kier molecular flexibility index (Phi) is 4.60. The molecule has 128 valence electrons. The molecule has 0 fully saturated rings. The number of nitrogen functional groups attached to an aromatic ring is 1. The van der Waals surface area contributed by atoms with E-state index in [0.29, 0.717) is 29.4 Å². The number of imidazole rings is 1. The first-order valence-electron chi connectivity index (χ1n) is 7.79. The van der Waals surface area contributed by atoms with Crippen LogP contribution in [0.2, 0.25) is 0 Å². The molecule has 0 radical (unpaired) electrons. The fraction of sp³-hybridized carbons (Fsp3) is 0.176. The lowest BCUT2D eigenvalue weighted by atomic mass is 10.2. The van der Waals surface area contributed by atoms with Crippen LogP contribution in [-0.4, -0.2) is 32.6 Å². The molecule has 0 spiro atoms. The van der Waals surface area contributed by atoms with E-state index in [4.69, 9.17) is 11.1 Å². The lowest BCUT2D eigenvalue weighted by molar-refractivity contribution is 1.03. The van der Waals surface area contributed by atoms with E-state index < -0.39 is 0 Å². The summed E-state index contributed by atoms with van der Waals surface area (Å²) >= 11 is 0. The van der Waals surface area contributed by atoms with Crippen LogP contribution in [0.15, 0.2) is 36.9 Å². The Labute approximate surface area is 145 Å². The van der Waals surface area contributed by atoms with E-state index in [2.05, 4.69) is 25.6 Å². The maximum atomic E-state index is 7.48. The molecule has 0 atom stereocenters. The highest BCUT2D eigenvalue weighted by molar-refractivity contribution is 6.07. The molecule has 0 amide bonds. The van der Waals surface area contributed by atoms with Crippen molar-refractivity contribution in [3.05, 3.63) is 53.9 Å². The summed E-state index contributed by atoms with van der Waals surface area (Å²) in [5.41, 5.74) is 10.2. The molecule has 3 aromatic rings. The summed E-state index contributed by atoms with van der Waals surface area (Å²) in [7, 11) is 1.77. The summed E-state index contributed by atoms with van der Waals surface area (Å²) in [5.74, 6) is 0.807. The fourth-order valence-corrected chi connectivity index (χ4v) is 2.45. The zero-order chi connectivity index (χ0) is 17.8. The first-order chi connectivity index (χ1) is 12.1. The standard InChI is InChI=1S/C17H20N8/c1-11-6-21-15-4-3-12(10-25(11)15)7-23-17-16(19)22-9-14(24-17)13(5-18)8-20-2/h3-6,8-10,18,20H,7H2,1-2H3,(H2,19,22)(H,23,24)/b13-8+,18-5?. The van der Waals surface area contributed by atoms with Crippen LogP contribution in [0.1, 0.15) is 17.0 Å². The Hall–Kier alpha value is -3.42. The summed E-state index contributed by atoms with van der Waals surface area (Å²) in [4.78, 5) is 13.0. The first-order valence-corrected chi connectivity index (χ1v) is 7.79. The molecule has 0 aromatic carbocycles. The molecular formula is C17H20N8. The predicted molar refractivity (Wildman–Crippen MR) is 99.5 cm³/mol. The van der Waals surface area contributed by atoms with Gasteiger partial charge in [-0.15, -0.1) is 0 Å².